The monoisotopic (exact) mass is 287 g/mol. The van der Waals surface area contributed by atoms with E-state index in [9.17, 15) is 0 Å². The number of rotatable bonds is 2. The minimum atomic E-state index is -0.326. The molecule has 0 amide bonds. The number of aromatic nitrogens is 2. The third kappa shape index (κ3) is 2.35. The number of fused-ring (bicyclic) bond motifs is 1. The molecule has 6 heteroatoms. The van der Waals surface area contributed by atoms with Crippen LogP contribution in [-0.4, -0.2) is 22.8 Å². The lowest BCUT2D eigenvalue weighted by Crippen LogP contribution is -2.22. The Morgan fingerprint density at radius 3 is 2.81 bits per heavy atom. The minimum Gasteiger partial charge on any atom is -0.485 e. The predicted octanol–water partition coefficient (Wildman–Crippen LogP) is 2.18. The minimum absolute atomic E-state index is 0.242. The zero-order valence-electron chi connectivity index (χ0n) is 11.6. The van der Waals surface area contributed by atoms with Gasteiger partial charge in [-0.15, -0.1) is 0 Å². The van der Waals surface area contributed by atoms with E-state index < -0.39 is 0 Å². The van der Waals surface area contributed by atoms with Crippen LogP contribution < -0.4 is 15.2 Å². The number of para-hydroxylation sites is 2. The Bertz CT molecular complexity index is 643. The highest BCUT2D eigenvalue weighted by molar-refractivity contribution is 5.40. The fourth-order valence-electron chi connectivity index (χ4n) is 2.93. The smallest absolute Gasteiger partial charge is 0.229 e. The van der Waals surface area contributed by atoms with Gasteiger partial charge in [-0.1, -0.05) is 17.3 Å². The average Bonchev–Trinajstić information content (AvgIpc) is 3.15. The molecule has 1 aromatic heterocycles. The molecule has 21 heavy (non-hydrogen) atoms. The van der Waals surface area contributed by atoms with Gasteiger partial charge in [0.2, 0.25) is 11.7 Å². The molecule has 2 aromatic rings. The first kappa shape index (κ1) is 12.6. The number of nitrogens with zero attached hydrogens (tertiary/aromatic N) is 2. The van der Waals surface area contributed by atoms with Crippen LogP contribution in [0.25, 0.3) is 0 Å². The summed E-state index contributed by atoms with van der Waals surface area (Å²) < 4.78 is 16.9. The van der Waals surface area contributed by atoms with Gasteiger partial charge < -0.3 is 19.7 Å². The maximum atomic E-state index is 5.93. The molecule has 0 spiro atoms. The molecule has 110 valence electrons. The molecule has 0 saturated heterocycles. The van der Waals surface area contributed by atoms with Crippen LogP contribution in [-0.2, 0) is 0 Å². The Morgan fingerprint density at radius 2 is 2.00 bits per heavy atom. The van der Waals surface area contributed by atoms with Crippen LogP contribution in [0.3, 0.4) is 0 Å². The molecule has 3 atom stereocenters. The third-order valence-electron chi connectivity index (χ3n) is 4.08. The third-order valence-corrected chi connectivity index (χ3v) is 4.08. The SMILES string of the molecule is NC1CCC(c2nc(C3COc4ccccc4O3)no2)C1. The van der Waals surface area contributed by atoms with Crippen molar-refractivity contribution < 1.29 is 14.0 Å². The predicted molar refractivity (Wildman–Crippen MR) is 74.2 cm³/mol. The molecule has 1 aliphatic carbocycles. The summed E-state index contributed by atoms with van der Waals surface area (Å²) in [7, 11) is 0. The number of nitrogens with two attached hydrogens (primary N) is 1. The molecule has 6 nitrogen and oxygen atoms in total. The Morgan fingerprint density at radius 1 is 1.14 bits per heavy atom. The van der Waals surface area contributed by atoms with E-state index in [1.54, 1.807) is 0 Å². The first-order valence-electron chi connectivity index (χ1n) is 7.27. The van der Waals surface area contributed by atoms with Gasteiger partial charge in [0.15, 0.2) is 17.6 Å². The van der Waals surface area contributed by atoms with Crippen molar-refractivity contribution >= 4 is 0 Å². The molecule has 1 fully saturated rings. The van der Waals surface area contributed by atoms with Crippen LogP contribution in [0.4, 0.5) is 0 Å². The van der Waals surface area contributed by atoms with E-state index in [0.29, 0.717) is 24.1 Å². The summed E-state index contributed by atoms with van der Waals surface area (Å²) >= 11 is 0. The van der Waals surface area contributed by atoms with Gasteiger partial charge in [-0.05, 0) is 31.4 Å². The van der Waals surface area contributed by atoms with Crippen LogP contribution >= 0.6 is 0 Å². The molecule has 2 aliphatic rings. The lowest BCUT2D eigenvalue weighted by Gasteiger charge is -2.24. The van der Waals surface area contributed by atoms with Gasteiger partial charge in [0.05, 0.1) is 0 Å². The Balaban J connectivity index is 1.52. The second-order valence-electron chi connectivity index (χ2n) is 5.63. The van der Waals surface area contributed by atoms with Gasteiger partial charge >= 0.3 is 0 Å². The molecule has 1 aliphatic heterocycles. The van der Waals surface area contributed by atoms with Crippen molar-refractivity contribution in [3.05, 3.63) is 36.0 Å². The maximum absolute atomic E-state index is 5.93. The summed E-state index contributed by atoms with van der Waals surface area (Å²) in [6.45, 7) is 0.389. The standard InChI is InChI=1S/C15H17N3O3/c16-10-6-5-9(7-10)15-17-14(18-21-15)13-8-19-11-3-1-2-4-12(11)20-13/h1-4,9-10,13H,5-8,16H2. The van der Waals surface area contributed by atoms with E-state index >= 15 is 0 Å². The molecule has 4 rings (SSSR count). The van der Waals surface area contributed by atoms with Crippen molar-refractivity contribution in [2.45, 2.75) is 37.3 Å². The molecular weight excluding hydrogens is 270 g/mol. The van der Waals surface area contributed by atoms with E-state index in [1.165, 1.54) is 0 Å². The van der Waals surface area contributed by atoms with E-state index in [1.807, 2.05) is 24.3 Å². The topological polar surface area (TPSA) is 83.4 Å². The Kier molecular flexibility index (Phi) is 3.03. The Labute approximate surface area is 122 Å². The van der Waals surface area contributed by atoms with Gasteiger partial charge in [0.25, 0.3) is 0 Å². The van der Waals surface area contributed by atoms with E-state index in [4.69, 9.17) is 19.7 Å². The van der Waals surface area contributed by atoms with E-state index in [0.717, 1.165) is 25.0 Å². The van der Waals surface area contributed by atoms with Crippen LogP contribution in [0, 0.1) is 0 Å². The van der Waals surface area contributed by atoms with Crippen molar-refractivity contribution in [1.29, 1.82) is 0 Å². The molecule has 1 aromatic carbocycles. The van der Waals surface area contributed by atoms with Crippen LogP contribution in [0.2, 0.25) is 0 Å². The van der Waals surface area contributed by atoms with Gasteiger partial charge in [0.1, 0.15) is 6.61 Å². The highest BCUT2D eigenvalue weighted by atomic mass is 16.6. The van der Waals surface area contributed by atoms with Gasteiger partial charge in [-0.25, -0.2) is 0 Å². The normalized spacial score (nSPS) is 27.8. The molecule has 0 radical (unpaired) electrons. The van der Waals surface area contributed by atoms with Crippen molar-refractivity contribution in [2.24, 2.45) is 5.73 Å². The second kappa shape index (κ2) is 5.04. The van der Waals surface area contributed by atoms with Crippen LogP contribution in [0.15, 0.2) is 28.8 Å². The Hall–Kier alpha value is -2.08. The number of hydrogen-bond donors (Lipinski definition) is 1. The highest BCUT2D eigenvalue weighted by Gasteiger charge is 2.31. The van der Waals surface area contributed by atoms with Crippen LogP contribution in [0.1, 0.15) is 43.0 Å². The molecular formula is C15H17N3O3. The van der Waals surface area contributed by atoms with E-state index in [2.05, 4.69) is 10.1 Å². The van der Waals surface area contributed by atoms with Crippen molar-refractivity contribution in [3.8, 4) is 11.5 Å². The highest BCUT2D eigenvalue weighted by Crippen LogP contribution is 2.36. The van der Waals surface area contributed by atoms with Crippen LogP contribution in [0.5, 0.6) is 11.5 Å². The molecule has 1 saturated carbocycles. The summed E-state index contributed by atoms with van der Waals surface area (Å²) in [6, 6.07) is 7.82. The molecule has 3 unspecified atom stereocenters. The average molecular weight is 287 g/mol. The quantitative estimate of drug-likeness (QED) is 0.911. The van der Waals surface area contributed by atoms with E-state index in [-0.39, 0.29) is 18.1 Å². The molecule has 2 heterocycles. The van der Waals surface area contributed by atoms with Gasteiger partial charge in [-0.2, -0.15) is 4.98 Å². The van der Waals surface area contributed by atoms with Crippen molar-refractivity contribution in [3.63, 3.8) is 0 Å². The summed E-state index contributed by atoms with van der Waals surface area (Å²) in [4.78, 5) is 4.48. The summed E-state index contributed by atoms with van der Waals surface area (Å²) in [5.74, 6) is 2.95. The fourth-order valence-corrected chi connectivity index (χ4v) is 2.93. The molecule has 0 bridgehead atoms. The number of hydrogen-bond acceptors (Lipinski definition) is 6. The van der Waals surface area contributed by atoms with Gasteiger partial charge in [0, 0.05) is 12.0 Å². The fraction of sp³-hybridized carbons (Fsp3) is 0.467. The zero-order chi connectivity index (χ0) is 14.2. The molecule has 2 N–H and O–H groups in total. The lowest BCUT2D eigenvalue weighted by atomic mass is 10.1. The first-order chi connectivity index (χ1) is 10.3. The first-order valence-corrected chi connectivity index (χ1v) is 7.27. The zero-order valence-corrected chi connectivity index (χ0v) is 11.6. The summed E-state index contributed by atoms with van der Waals surface area (Å²) in [6.07, 6.45) is 2.60. The maximum Gasteiger partial charge on any atom is 0.229 e. The van der Waals surface area contributed by atoms with Crippen molar-refractivity contribution in [1.82, 2.24) is 10.1 Å². The number of ether oxygens (including phenoxy) is 2. The lowest BCUT2D eigenvalue weighted by molar-refractivity contribution is 0.0832. The summed E-state index contributed by atoms with van der Waals surface area (Å²) in [5.41, 5.74) is 5.93. The second-order valence-corrected chi connectivity index (χ2v) is 5.63. The summed E-state index contributed by atoms with van der Waals surface area (Å²) in [5, 5.41) is 4.05. The largest absolute Gasteiger partial charge is 0.485 e. The number of benzene rings is 1. The van der Waals surface area contributed by atoms with Gasteiger partial charge in [-0.3, -0.25) is 0 Å². The van der Waals surface area contributed by atoms with Crippen molar-refractivity contribution in [2.75, 3.05) is 6.61 Å².